The first kappa shape index (κ1) is 18.0. The number of fused-ring (bicyclic) bond motifs is 1. The van der Waals surface area contributed by atoms with Crippen molar-refractivity contribution in [1.29, 1.82) is 0 Å². The summed E-state index contributed by atoms with van der Waals surface area (Å²) in [5.41, 5.74) is 1.22. The first-order valence-electron chi connectivity index (χ1n) is 7.91. The van der Waals surface area contributed by atoms with Crippen LogP contribution in [-0.4, -0.2) is 41.8 Å². The number of carbonyl (C=O) groups is 1. The van der Waals surface area contributed by atoms with Gasteiger partial charge in [0.25, 0.3) is 5.69 Å². The van der Waals surface area contributed by atoms with E-state index in [1.807, 2.05) is 30.3 Å². The molecule has 140 valence electrons. The number of thiazole rings is 1. The predicted octanol–water partition coefficient (Wildman–Crippen LogP) is 2.91. The predicted molar refractivity (Wildman–Crippen MR) is 105 cm³/mol. The van der Waals surface area contributed by atoms with Gasteiger partial charge in [0.15, 0.2) is 5.13 Å². The van der Waals surface area contributed by atoms with Crippen molar-refractivity contribution in [3.63, 3.8) is 0 Å². The molecule has 4 rings (SSSR count). The van der Waals surface area contributed by atoms with Crippen LogP contribution in [0.5, 0.6) is 0 Å². The number of nitro groups is 1. The van der Waals surface area contributed by atoms with E-state index in [0.717, 1.165) is 10.4 Å². The van der Waals surface area contributed by atoms with E-state index in [0.29, 0.717) is 15.8 Å². The Morgan fingerprint density at radius 2 is 2.07 bits per heavy atom. The van der Waals surface area contributed by atoms with Crippen molar-refractivity contribution in [2.75, 3.05) is 11.1 Å². The molecule has 28 heavy (non-hydrogen) atoms. The maximum Gasteiger partial charge on any atom is 0.271 e. The molecule has 1 amide bonds. The molecule has 0 saturated heterocycles. The Hall–Kier alpha value is -3.38. The number of aromatic nitrogens is 5. The molecule has 2 aromatic heterocycles. The van der Waals surface area contributed by atoms with Crippen LogP contribution in [0.25, 0.3) is 15.9 Å². The molecule has 0 bridgehead atoms. The average Bonchev–Trinajstić information content (AvgIpc) is 3.32. The topological polar surface area (TPSA) is 129 Å². The van der Waals surface area contributed by atoms with E-state index >= 15 is 0 Å². The second kappa shape index (κ2) is 7.70. The zero-order valence-electron chi connectivity index (χ0n) is 14.1. The lowest BCUT2D eigenvalue weighted by Crippen LogP contribution is -2.14. The third-order valence-corrected chi connectivity index (χ3v) is 5.47. The number of tetrazole rings is 1. The molecule has 1 N–H and O–H groups in total. The summed E-state index contributed by atoms with van der Waals surface area (Å²) in [6.45, 7) is 0. The van der Waals surface area contributed by atoms with Gasteiger partial charge in [0.05, 0.1) is 26.6 Å². The van der Waals surface area contributed by atoms with Crippen LogP contribution in [0.1, 0.15) is 0 Å². The van der Waals surface area contributed by atoms with Crippen LogP contribution in [0.3, 0.4) is 0 Å². The second-order valence-corrected chi connectivity index (χ2v) is 7.45. The van der Waals surface area contributed by atoms with Gasteiger partial charge < -0.3 is 5.32 Å². The smallest absolute Gasteiger partial charge is 0.271 e. The Bertz CT molecular complexity index is 1160. The number of anilines is 1. The summed E-state index contributed by atoms with van der Waals surface area (Å²) in [6, 6.07) is 13.8. The van der Waals surface area contributed by atoms with Gasteiger partial charge in [-0.05, 0) is 28.6 Å². The molecule has 4 aromatic rings. The second-order valence-electron chi connectivity index (χ2n) is 5.47. The largest absolute Gasteiger partial charge is 0.301 e. The van der Waals surface area contributed by atoms with Crippen molar-refractivity contribution in [2.45, 2.75) is 5.16 Å². The van der Waals surface area contributed by atoms with Gasteiger partial charge in [-0.15, -0.1) is 5.10 Å². The SMILES string of the molecule is O=C(CSc1nnnn1-c1ccccc1)Nc1nc2cc([N+](=O)[O-])ccc2s1. The quantitative estimate of drug-likeness (QED) is 0.290. The minimum atomic E-state index is -0.482. The maximum atomic E-state index is 12.3. The van der Waals surface area contributed by atoms with Crippen LogP contribution in [-0.2, 0) is 4.79 Å². The number of amides is 1. The number of rotatable bonds is 6. The number of benzene rings is 2. The monoisotopic (exact) mass is 413 g/mol. The lowest BCUT2D eigenvalue weighted by Gasteiger charge is -2.03. The number of para-hydroxylation sites is 1. The minimum absolute atomic E-state index is 0.0426. The molecule has 12 heteroatoms. The number of nitrogens with one attached hydrogen (secondary N) is 1. The average molecular weight is 413 g/mol. The number of nitrogens with zero attached hydrogens (tertiary/aromatic N) is 6. The fourth-order valence-electron chi connectivity index (χ4n) is 2.37. The highest BCUT2D eigenvalue weighted by atomic mass is 32.2. The maximum absolute atomic E-state index is 12.3. The van der Waals surface area contributed by atoms with Crippen LogP contribution >= 0.6 is 23.1 Å². The van der Waals surface area contributed by atoms with Crippen molar-refractivity contribution in [1.82, 2.24) is 25.2 Å². The molecule has 0 spiro atoms. The molecule has 0 saturated carbocycles. The molecule has 0 aliphatic carbocycles. The van der Waals surface area contributed by atoms with E-state index in [-0.39, 0.29) is 17.3 Å². The third-order valence-electron chi connectivity index (χ3n) is 3.60. The van der Waals surface area contributed by atoms with Crippen molar-refractivity contribution < 1.29 is 9.72 Å². The van der Waals surface area contributed by atoms with Crippen LogP contribution in [0, 0.1) is 10.1 Å². The Balaban J connectivity index is 1.42. The number of hydrogen-bond acceptors (Lipinski definition) is 9. The first-order chi connectivity index (χ1) is 13.6. The summed E-state index contributed by atoms with van der Waals surface area (Å²) in [4.78, 5) is 26.9. The van der Waals surface area contributed by atoms with Gasteiger partial charge >= 0.3 is 0 Å². The zero-order chi connectivity index (χ0) is 19.5. The van der Waals surface area contributed by atoms with E-state index in [9.17, 15) is 14.9 Å². The lowest BCUT2D eigenvalue weighted by atomic mass is 10.3. The van der Waals surface area contributed by atoms with Gasteiger partial charge in [0, 0.05) is 12.1 Å². The van der Waals surface area contributed by atoms with Crippen LogP contribution in [0.15, 0.2) is 53.7 Å². The Morgan fingerprint density at radius 3 is 2.86 bits per heavy atom. The summed E-state index contributed by atoms with van der Waals surface area (Å²) in [5, 5.41) is 25.9. The molecule has 0 fully saturated rings. The highest BCUT2D eigenvalue weighted by Crippen LogP contribution is 2.29. The molecule has 0 unspecified atom stereocenters. The minimum Gasteiger partial charge on any atom is -0.301 e. The van der Waals surface area contributed by atoms with Crippen molar-refractivity contribution >= 4 is 50.0 Å². The summed E-state index contributed by atoms with van der Waals surface area (Å²) in [6.07, 6.45) is 0. The van der Waals surface area contributed by atoms with Crippen molar-refractivity contribution in [2.24, 2.45) is 0 Å². The van der Waals surface area contributed by atoms with E-state index in [2.05, 4.69) is 25.8 Å². The highest BCUT2D eigenvalue weighted by Gasteiger charge is 2.14. The fourth-order valence-corrected chi connectivity index (χ4v) is 3.92. The lowest BCUT2D eigenvalue weighted by molar-refractivity contribution is -0.384. The standard InChI is InChI=1S/C16H11N7O3S2/c24-14(9-27-16-19-20-21-22(16)10-4-2-1-3-5-10)18-15-17-12-8-11(23(25)26)6-7-13(12)28-15/h1-8H,9H2,(H,17,18,24). The van der Waals surface area contributed by atoms with E-state index in [4.69, 9.17) is 0 Å². The van der Waals surface area contributed by atoms with E-state index < -0.39 is 4.92 Å². The van der Waals surface area contributed by atoms with Gasteiger partial charge in [0.1, 0.15) is 0 Å². The van der Waals surface area contributed by atoms with Gasteiger partial charge in [-0.3, -0.25) is 14.9 Å². The van der Waals surface area contributed by atoms with Crippen LogP contribution in [0.2, 0.25) is 0 Å². The van der Waals surface area contributed by atoms with Gasteiger partial charge in [-0.1, -0.05) is 41.3 Å². The van der Waals surface area contributed by atoms with Crippen LogP contribution in [0.4, 0.5) is 10.8 Å². The Morgan fingerprint density at radius 1 is 1.25 bits per heavy atom. The van der Waals surface area contributed by atoms with Crippen molar-refractivity contribution in [3.8, 4) is 5.69 Å². The van der Waals surface area contributed by atoms with Gasteiger partial charge in [-0.2, -0.15) is 4.68 Å². The molecule has 0 radical (unpaired) electrons. The third kappa shape index (κ3) is 3.82. The number of nitro benzene ring substituents is 1. The normalized spacial score (nSPS) is 10.9. The molecule has 0 aliphatic heterocycles. The van der Waals surface area contributed by atoms with E-state index in [1.165, 1.54) is 35.2 Å². The Labute approximate surface area is 165 Å². The molecule has 2 aromatic carbocycles. The molecule has 0 atom stereocenters. The van der Waals surface area contributed by atoms with Gasteiger partial charge in [0.2, 0.25) is 11.1 Å². The molecular weight excluding hydrogens is 402 g/mol. The molecular formula is C16H11N7O3S2. The fraction of sp³-hybridized carbons (Fsp3) is 0.0625. The summed E-state index contributed by atoms with van der Waals surface area (Å²) in [7, 11) is 0. The number of non-ortho nitro benzene ring substituents is 1. The van der Waals surface area contributed by atoms with Crippen LogP contribution < -0.4 is 5.32 Å². The number of carbonyl (C=O) groups excluding carboxylic acids is 1. The number of thioether (sulfide) groups is 1. The summed E-state index contributed by atoms with van der Waals surface area (Å²) in [5.74, 6) is -0.190. The highest BCUT2D eigenvalue weighted by molar-refractivity contribution is 7.99. The van der Waals surface area contributed by atoms with E-state index in [1.54, 1.807) is 10.7 Å². The Kier molecular flexibility index (Phi) is 4.95. The zero-order valence-corrected chi connectivity index (χ0v) is 15.7. The van der Waals surface area contributed by atoms with Crippen molar-refractivity contribution in [3.05, 3.63) is 58.6 Å². The first-order valence-corrected chi connectivity index (χ1v) is 9.72. The molecule has 10 nitrogen and oxygen atoms in total. The van der Waals surface area contributed by atoms with Gasteiger partial charge in [-0.25, -0.2) is 4.98 Å². The number of hydrogen-bond donors (Lipinski definition) is 1. The summed E-state index contributed by atoms with van der Waals surface area (Å²) >= 11 is 2.44. The molecule has 2 heterocycles. The summed E-state index contributed by atoms with van der Waals surface area (Å²) < 4.78 is 2.30. The molecule has 0 aliphatic rings.